The minimum Gasteiger partial charge on any atom is -0.357 e. The van der Waals surface area contributed by atoms with Crippen molar-refractivity contribution in [1.29, 1.82) is 0 Å². The van der Waals surface area contributed by atoms with E-state index < -0.39 is 15.7 Å². The SMILES string of the molecule is CNc1nc(NC(=O)c2ccc(S(C)(=O)=O)cc2C)nc(-c2ccccn2)n1. The van der Waals surface area contributed by atoms with Crippen molar-refractivity contribution in [2.45, 2.75) is 11.8 Å². The number of anilines is 2. The lowest BCUT2D eigenvalue weighted by Crippen LogP contribution is -2.17. The number of carbonyl (C=O) groups is 1. The van der Waals surface area contributed by atoms with Crippen LogP contribution in [0.15, 0.2) is 47.5 Å². The van der Waals surface area contributed by atoms with Crippen LogP contribution in [-0.2, 0) is 9.84 Å². The number of hydrogen-bond donors (Lipinski definition) is 2. The Bertz CT molecular complexity index is 1130. The quantitative estimate of drug-likeness (QED) is 0.667. The number of aromatic nitrogens is 4. The van der Waals surface area contributed by atoms with Gasteiger partial charge in [0.1, 0.15) is 5.69 Å². The minimum atomic E-state index is -3.35. The summed E-state index contributed by atoms with van der Waals surface area (Å²) in [4.78, 5) is 29.6. The molecule has 0 bridgehead atoms. The van der Waals surface area contributed by atoms with Gasteiger partial charge in [-0.25, -0.2) is 8.42 Å². The van der Waals surface area contributed by atoms with E-state index in [0.29, 0.717) is 22.6 Å². The van der Waals surface area contributed by atoms with Crippen LogP contribution in [0.25, 0.3) is 11.5 Å². The van der Waals surface area contributed by atoms with Gasteiger partial charge >= 0.3 is 0 Å². The van der Waals surface area contributed by atoms with Crippen molar-refractivity contribution in [3.05, 3.63) is 53.7 Å². The van der Waals surface area contributed by atoms with Crippen molar-refractivity contribution < 1.29 is 13.2 Å². The zero-order valence-electron chi connectivity index (χ0n) is 15.5. The molecule has 0 unspecified atom stereocenters. The highest BCUT2D eigenvalue weighted by Crippen LogP contribution is 2.18. The van der Waals surface area contributed by atoms with Gasteiger partial charge in [-0.2, -0.15) is 15.0 Å². The van der Waals surface area contributed by atoms with E-state index in [1.807, 2.05) is 0 Å². The minimum absolute atomic E-state index is 0.0524. The van der Waals surface area contributed by atoms with E-state index >= 15 is 0 Å². The molecule has 3 aromatic rings. The molecule has 0 aliphatic rings. The summed E-state index contributed by atoms with van der Waals surface area (Å²) >= 11 is 0. The molecule has 0 radical (unpaired) electrons. The maximum Gasteiger partial charge on any atom is 0.258 e. The van der Waals surface area contributed by atoms with Crippen molar-refractivity contribution in [2.24, 2.45) is 0 Å². The van der Waals surface area contributed by atoms with E-state index in [0.717, 1.165) is 6.26 Å². The van der Waals surface area contributed by atoms with Crippen molar-refractivity contribution in [3.63, 3.8) is 0 Å². The Labute approximate surface area is 162 Å². The molecule has 0 spiro atoms. The number of benzene rings is 1. The third-order valence-corrected chi connectivity index (χ3v) is 4.96. The highest BCUT2D eigenvalue weighted by molar-refractivity contribution is 7.90. The van der Waals surface area contributed by atoms with Crippen molar-refractivity contribution in [2.75, 3.05) is 23.9 Å². The van der Waals surface area contributed by atoms with E-state index in [9.17, 15) is 13.2 Å². The lowest BCUT2D eigenvalue weighted by Gasteiger charge is -2.10. The lowest BCUT2D eigenvalue weighted by atomic mass is 10.1. The molecule has 1 amide bonds. The van der Waals surface area contributed by atoms with Crippen molar-refractivity contribution in [1.82, 2.24) is 19.9 Å². The summed E-state index contributed by atoms with van der Waals surface area (Å²) in [5.41, 5.74) is 1.37. The summed E-state index contributed by atoms with van der Waals surface area (Å²) in [5.74, 6) is 0.170. The first-order chi connectivity index (χ1) is 13.3. The van der Waals surface area contributed by atoms with Gasteiger partial charge in [-0.1, -0.05) is 6.07 Å². The summed E-state index contributed by atoms with van der Waals surface area (Å²) in [5, 5.41) is 5.44. The summed E-state index contributed by atoms with van der Waals surface area (Å²) in [6.45, 7) is 1.66. The lowest BCUT2D eigenvalue weighted by molar-refractivity contribution is 0.102. The van der Waals surface area contributed by atoms with E-state index in [2.05, 4.69) is 30.6 Å². The predicted molar refractivity (Wildman–Crippen MR) is 105 cm³/mol. The van der Waals surface area contributed by atoms with Crippen LogP contribution in [-0.4, -0.2) is 47.6 Å². The molecule has 3 rings (SSSR count). The monoisotopic (exact) mass is 398 g/mol. The van der Waals surface area contributed by atoms with Gasteiger partial charge in [0.05, 0.1) is 4.90 Å². The molecule has 0 atom stereocenters. The zero-order chi connectivity index (χ0) is 20.3. The molecule has 2 heterocycles. The van der Waals surface area contributed by atoms with Crippen LogP contribution in [0.5, 0.6) is 0 Å². The number of sulfone groups is 1. The molecular formula is C18H18N6O3S. The Morgan fingerprint density at radius 2 is 1.79 bits per heavy atom. The van der Waals surface area contributed by atoms with E-state index in [4.69, 9.17) is 0 Å². The Morgan fingerprint density at radius 3 is 2.39 bits per heavy atom. The topological polar surface area (TPSA) is 127 Å². The van der Waals surface area contributed by atoms with Crippen LogP contribution in [0, 0.1) is 6.92 Å². The second-order valence-corrected chi connectivity index (χ2v) is 7.99. The molecule has 2 N–H and O–H groups in total. The second-order valence-electron chi connectivity index (χ2n) is 5.97. The molecule has 0 saturated carbocycles. The van der Waals surface area contributed by atoms with Gasteiger partial charge in [0.2, 0.25) is 11.9 Å². The fourth-order valence-corrected chi connectivity index (χ4v) is 3.15. The Morgan fingerprint density at radius 1 is 1.04 bits per heavy atom. The maximum atomic E-state index is 12.6. The smallest absolute Gasteiger partial charge is 0.258 e. The fraction of sp³-hybridized carbons (Fsp3) is 0.167. The molecule has 0 saturated heterocycles. The Kier molecular flexibility index (Phi) is 5.32. The molecule has 1 aromatic carbocycles. The Hall–Kier alpha value is -3.40. The van der Waals surface area contributed by atoms with Gasteiger partial charge in [0.25, 0.3) is 5.91 Å². The van der Waals surface area contributed by atoms with Gasteiger partial charge in [-0.3, -0.25) is 15.1 Å². The first kappa shape index (κ1) is 19.4. The zero-order valence-corrected chi connectivity index (χ0v) is 16.3. The van der Waals surface area contributed by atoms with Gasteiger partial charge in [0.15, 0.2) is 15.7 Å². The van der Waals surface area contributed by atoms with Crippen LogP contribution in [0.4, 0.5) is 11.9 Å². The van der Waals surface area contributed by atoms with Crippen LogP contribution >= 0.6 is 0 Å². The number of hydrogen-bond acceptors (Lipinski definition) is 8. The third kappa shape index (κ3) is 4.29. The maximum absolute atomic E-state index is 12.6. The van der Waals surface area contributed by atoms with Gasteiger partial charge in [-0.15, -0.1) is 0 Å². The average molecular weight is 398 g/mol. The summed E-state index contributed by atoms with van der Waals surface area (Å²) in [6.07, 6.45) is 2.73. The van der Waals surface area contributed by atoms with E-state index in [1.165, 1.54) is 18.2 Å². The molecule has 10 heteroatoms. The number of aryl methyl sites for hydroxylation is 1. The molecule has 9 nitrogen and oxygen atoms in total. The van der Waals surface area contributed by atoms with Crippen LogP contribution in [0.2, 0.25) is 0 Å². The van der Waals surface area contributed by atoms with Crippen LogP contribution < -0.4 is 10.6 Å². The Balaban J connectivity index is 1.92. The van der Waals surface area contributed by atoms with E-state index in [-0.39, 0.29) is 16.8 Å². The normalized spacial score (nSPS) is 11.1. The van der Waals surface area contributed by atoms with Crippen molar-refractivity contribution in [3.8, 4) is 11.5 Å². The highest BCUT2D eigenvalue weighted by atomic mass is 32.2. The first-order valence-electron chi connectivity index (χ1n) is 8.25. The summed E-state index contributed by atoms with van der Waals surface area (Å²) in [6, 6.07) is 9.62. The van der Waals surface area contributed by atoms with Crippen LogP contribution in [0.1, 0.15) is 15.9 Å². The molecule has 0 aliphatic carbocycles. The number of pyridine rings is 1. The van der Waals surface area contributed by atoms with Gasteiger partial charge < -0.3 is 5.32 Å². The second kappa shape index (κ2) is 7.69. The summed E-state index contributed by atoms with van der Waals surface area (Å²) in [7, 11) is -1.70. The first-order valence-corrected chi connectivity index (χ1v) is 10.1. The number of rotatable bonds is 5. The molecule has 2 aromatic heterocycles. The molecular weight excluding hydrogens is 380 g/mol. The average Bonchev–Trinajstić information content (AvgIpc) is 2.67. The van der Waals surface area contributed by atoms with Crippen LogP contribution in [0.3, 0.4) is 0 Å². The van der Waals surface area contributed by atoms with E-state index in [1.54, 1.807) is 38.4 Å². The molecule has 28 heavy (non-hydrogen) atoms. The number of carbonyl (C=O) groups excluding carboxylic acids is 1. The third-order valence-electron chi connectivity index (χ3n) is 3.85. The largest absolute Gasteiger partial charge is 0.357 e. The molecule has 0 aliphatic heterocycles. The standard InChI is InChI=1S/C18H18N6O3S/c1-11-10-12(28(3,26)27)7-8-13(11)16(25)23-18-22-15(21-17(19-2)24-18)14-6-4-5-9-20-14/h4-10H,1-3H3,(H2,19,21,22,23,24,25). The molecule has 144 valence electrons. The summed E-state index contributed by atoms with van der Waals surface area (Å²) < 4.78 is 23.3. The highest BCUT2D eigenvalue weighted by Gasteiger charge is 2.16. The van der Waals surface area contributed by atoms with Gasteiger partial charge in [0, 0.05) is 25.1 Å². The fourth-order valence-electron chi connectivity index (χ4n) is 2.44. The number of amides is 1. The van der Waals surface area contributed by atoms with Crippen molar-refractivity contribution >= 4 is 27.6 Å². The predicted octanol–water partition coefficient (Wildman–Crippen LogP) is 1.94. The number of nitrogens with zero attached hydrogens (tertiary/aromatic N) is 4. The number of nitrogens with one attached hydrogen (secondary N) is 2. The molecule has 0 fully saturated rings. The van der Waals surface area contributed by atoms with Gasteiger partial charge in [-0.05, 0) is 42.8 Å².